The van der Waals surface area contributed by atoms with E-state index in [-0.39, 0.29) is 0 Å². The van der Waals surface area contributed by atoms with Crippen LogP contribution in [0.1, 0.15) is 32.5 Å². The van der Waals surface area contributed by atoms with Crippen molar-refractivity contribution in [2.75, 3.05) is 30.9 Å². The molecule has 1 rings (SSSR count). The summed E-state index contributed by atoms with van der Waals surface area (Å²) >= 11 is 0. The first-order valence-corrected chi connectivity index (χ1v) is 5.36. The van der Waals surface area contributed by atoms with Crippen LogP contribution in [0.5, 0.6) is 0 Å². The Labute approximate surface area is 91.7 Å². The minimum atomic E-state index is 0.349. The number of nitrogens with one attached hydrogen (secondary N) is 1. The van der Waals surface area contributed by atoms with Crippen LogP contribution < -0.4 is 10.2 Å². The Hall–Kier alpha value is -1.32. The number of rotatable bonds is 4. The minimum Gasteiger partial charge on any atom is -0.373 e. The highest BCUT2D eigenvalue weighted by Crippen LogP contribution is 2.18. The molecule has 0 aliphatic carbocycles. The molecule has 1 aromatic rings. The maximum Gasteiger partial charge on any atom is 0.135 e. The molecule has 0 radical (unpaired) electrons. The number of anilines is 2. The molecule has 0 saturated heterocycles. The third-order valence-corrected chi connectivity index (χ3v) is 2.37. The number of nitrogens with zero attached hydrogens (tertiary/aromatic N) is 3. The van der Waals surface area contributed by atoms with Gasteiger partial charge in [0.1, 0.15) is 17.5 Å². The molecule has 0 bridgehead atoms. The smallest absolute Gasteiger partial charge is 0.135 e. The van der Waals surface area contributed by atoms with E-state index in [4.69, 9.17) is 0 Å². The van der Waals surface area contributed by atoms with Crippen molar-refractivity contribution in [1.82, 2.24) is 9.97 Å². The summed E-state index contributed by atoms with van der Waals surface area (Å²) in [5.74, 6) is 3.09. The normalized spacial score (nSPS) is 10.5. The van der Waals surface area contributed by atoms with Crippen molar-refractivity contribution in [3.63, 3.8) is 0 Å². The zero-order valence-corrected chi connectivity index (χ0v) is 10.2. The van der Waals surface area contributed by atoms with Crippen molar-refractivity contribution >= 4 is 11.6 Å². The summed E-state index contributed by atoms with van der Waals surface area (Å²) in [7, 11) is 3.91. The van der Waals surface area contributed by atoms with Gasteiger partial charge in [-0.3, -0.25) is 0 Å². The van der Waals surface area contributed by atoms with Gasteiger partial charge in [0.2, 0.25) is 0 Å². The molecule has 15 heavy (non-hydrogen) atoms. The molecular formula is C11H20N4. The molecule has 0 aliphatic rings. The van der Waals surface area contributed by atoms with Crippen molar-refractivity contribution in [2.24, 2.45) is 0 Å². The molecule has 84 valence electrons. The third-order valence-electron chi connectivity index (χ3n) is 2.37. The Morgan fingerprint density at radius 1 is 1.40 bits per heavy atom. The van der Waals surface area contributed by atoms with Crippen LogP contribution in [0.4, 0.5) is 11.6 Å². The summed E-state index contributed by atoms with van der Waals surface area (Å²) < 4.78 is 0. The van der Waals surface area contributed by atoms with E-state index in [1.165, 1.54) is 0 Å². The average Bonchev–Trinajstić information content (AvgIpc) is 2.27. The molecule has 0 fully saturated rings. The van der Waals surface area contributed by atoms with Crippen molar-refractivity contribution < 1.29 is 0 Å². The first kappa shape index (κ1) is 11.8. The Morgan fingerprint density at radius 2 is 2.07 bits per heavy atom. The third kappa shape index (κ3) is 2.81. The molecule has 1 aromatic heterocycles. The van der Waals surface area contributed by atoms with Gasteiger partial charge in [-0.2, -0.15) is 0 Å². The lowest BCUT2D eigenvalue weighted by atomic mass is 10.2. The van der Waals surface area contributed by atoms with E-state index >= 15 is 0 Å². The van der Waals surface area contributed by atoms with Crippen LogP contribution in [-0.4, -0.2) is 30.6 Å². The minimum absolute atomic E-state index is 0.349. The highest BCUT2D eigenvalue weighted by molar-refractivity contribution is 5.48. The molecule has 1 N–H and O–H groups in total. The first-order valence-electron chi connectivity index (χ1n) is 5.36. The maximum atomic E-state index is 4.53. The standard InChI is InChI=1S/C11H20N4/c1-6-15(5)10-7-9(12-4)13-11(14-10)8(2)3/h7-8H,6H2,1-5H3,(H,12,13,14). The molecule has 4 nitrogen and oxygen atoms in total. The van der Waals surface area contributed by atoms with E-state index in [9.17, 15) is 0 Å². The van der Waals surface area contributed by atoms with Gasteiger partial charge < -0.3 is 10.2 Å². The fourth-order valence-electron chi connectivity index (χ4n) is 1.20. The van der Waals surface area contributed by atoms with E-state index < -0.39 is 0 Å². The Morgan fingerprint density at radius 3 is 2.53 bits per heavy atom. The lowest BCUT2D eigenvalue weighted by molar-refractivity contribution is 0.767. The highest BCUT2D eigenvalue weighted by Gasteiger charge is 2.09. The van der Waals surface area contributed by atoms with Crippen LogP contribution in [0.3, 0.4) is 0 Å². The van der Waals surface area contributed by atoms with Gasteiger partial charge in [0, 0.05) is 32.6 Å². The topological polar surface area (TPSA) is 41.0 Å². The largest absolute Gasteiger partial charge is 0.373 e. The molecule has 0 unspecified atom stereocenters. The Bertz CT molecular complexity index is 322. The molecule has 1 heterocycles. The van der Waals surface area contributed by atoms with E-state index in [1.807, 2.05) is 20.2 Å². The number of aromatic nitrogens is 2. The van der Waals surface area contributed by atoms with E-state index in [2.05, 4.69) is 41.0 Å². The summed E-state index contributed by atoms with van der Waals surface area (Å²) in [6.45, 7) is 7.25. The maximum absolute atomic E-state index is 4.53. The second-order valence-electron chi connectivity index (χ2n) is 3.89. The van der Waals surface area contributed by atoms with Crippen LogP contribution >= 0.6 is 0 Å². The SMILES string of the molecule is CCN(C)c1cc(NC)nc(C(C)C)n1. The average molecular weight is 208 g/mol. The van der Waals surface area contributed by atoms with Crippen LogP contribution in [0, 0.1) is 0 Å². The fraction of sp³-hybridized carbons (Fsp3) is 0.636. The van der Waals surface area contributed by atoms with Gasteiger partial charge in [-0.1, -0.05) is 13.8 Å². The second kappa shape index (κ2) is 4.96. The predicted octanol–water partition coefficient (Wildman–Crippen LogP) is 2.10. The molecule has 4 heteroatoms. The van der Waals surface area contributed by atoms with Crippen LogP contribution in [0.25, 0.3) is 0 Å². The van der Waals surface area contributed by atoms with Crippen LogP contribution in [0.2, 0.25) is 0 Å². The highest BCUT2D eigenvalue weighted by atomic mass is 15.2. The summed E-state index contributed by atoms with van der Waals surface area (Å²) in [6, 6.07) is 1.97. The predicted molar refractivity (Wildman–Crippen MR) is 64.6 cm³/mol. The molecule has 0 spiro atoms. The van der Waals surface area contributed by atoms with Crippen LogP contribution in [-0.2, 0) is 0 Å². The van der Waals surface area contributed by atoms with Gasteiger partial charge >= 0.3 is 0 Å². The van der Waals surface area contributed by atoms with Crippen molar-refractivity contribution in [3.05, 3.63) is 11.9 Å². The lowest BCUT2D eigenvalue weighted by Crippen LogP contribution is -2.19. The van der Waals surface area contributed by atoms with E-state index in [1.54, 1.807) is 0 Å². The fourth-order valence-corrected chi connectivity index (χ4v) is 1.20. The van der Waals surface area contributed by atoms with Gasteiger partial charge in [-0.05, 0) is 6.92 Å². The summed E-state index contributed by atoms with van der Waals surface area (Å²) in [5.41, 5.74) is 0. The van der Waals surface area contributed by atoms with Gasteiger partial charge in [0.25, 0.3) is 0 Å². The Balaban J connectivity index is 3.11. The van der Waals surface area contributed by atoms with Crippen molar-refractivity contribution in [3.8, 4) is 0 Å². The quantitative estimate of drug-likeness (QED) is 0.822. The zero-order chi connectivity index (χ0) is 11.4. The molecule has 0 atom stereocenters. The number of hydrogen-bond donors (Lipinski definition) is 1. The van der Waals surface area contributed by atoms with Gasteiger partial charge in [-0.25, -0.2) is 9.97 Å². The molecular weight excluding hydrogens is 188 g/mol. The molecule has 0 aliphatic heterocycles. The molecule has 0 amide bonds. The van der Waals surface area contributed by atoms with Gasteiger partial charge in [0.15, 0.2) is 0 Å². The number of hydrogen-bond acceptors (Lipinski definition) is 4. The van der Waals surface area contributed by atoms with E-state index in [0.29, 0.717) is 5.92 Å². The summed E-state index contributed by atoms with van der Waals surface area (Å²) in [6.07, 6.45) is 0. The molecule has 0 saturated carbocycles. The van der Waals surface area contributed by atoms with Crippen LogP contribution in [0.15, 0.2) is 6.07 Å². The zero-order valence-electron chi connectivity index (χ0n) is 10.2. The summed E-state index contributed by atoms with van der Waals surface area (Å²) in [5, 5.41) is 3.06. The van der Waals surface area contributed by atoms with Crippen molar-refractivity contribution in [2.45, 2.75) is 26.7 Å². The second-order valence-corrected chi connectivity index (χ2v) is 3.89. The summed E-state index contributed by atoms with van der Waals surface area (Å²) in [4.78, 5) is 11.1. The monoisotopic (exact) mass is 208 g/mol. The lowest BCUT2D eigenvalue weighted by Gasteiger charge is -2.18. The molecule has 0 aromatic carbocycles. The van der Waals surface area contributed by atoms with Gasteiger partial charge in [0.05, 0.1) is 0 Å². The Kier molecular flexibility index (Phi) is 3.88. The first-order chi connectivity index (χ1) is 7.08. The van der Waals surface area contributed by atoms with Crippen molar-refractivity contribution in [1.29, 1.82) is 0 Å². The van der Waals surface area contributed by atoms with E-state index in [0.717, 1.165) is 24.0 Å². The van der Waals surface area contributed by atoms with Gasteiger partial charge in [-0.15, -0.1) is 0 Å².